The van der Waals surface area contributed by atoms with E-state index in [1.165, 1.54) is 31.2 Å². The Kier molecular flexibility index (Phi) is 8.91. The zero-order valence-electron chi connectivity index (χ0n) is 18.1. The first-order chi connectivity index (χ1) is 13.6. The van der Waals surface area contributed by atoms with E-state index >= 15 is 0 Å². The summed E-state index contributed by atoms with van der Waals surface area (Å²) in [7, 11) is 0. The molecule has 3 rings (SSSR count). The van der Waals surface area contributed by atoms with Crippen LogP contribution in [0.4, 0.5) is 5.69 Å². The van der Waals surface area contributed by atoms with Gasteiger partial charge in [-0.15, -0.1) is 0 Å². The zero-order chi connectivity index (χ0) is 20.0. The molecule has 1 saturated heterocycles. The van der Waals surface area contributed by atoms with Crippen molar-refractivity contribution in [2.24, 2.45) is 0 Å². The minimum Gasteiger partial charge on any atom is -1.00 e. The highest BCUT2D eigenvalue weighted by Crippen LogP contribution is 2.29. The van der Waals surface area contributed by atoms with Crippen LogP contribution < -0.4 is 22.3 Å². The molecule has 0 aliphatic carbocycles. The molecule has 0 aromatic heterocycles. The van der Waals surface area contributed by atoms with Gasteiger partial charge in [-0.25, -0.2) is 0 Å². The third kappa shape index (κ3) is 5.70. The fraction of sp³-hybridized carbons (Fsp3) is 0.480. The number of amides is 1. The first-order valence-corrected chi connectivity index (χ1v) is 10.8. The van der Waals surface area contributed by atoms with Crippen LogP contribution in [0.2, 0.25) is 0 Å². The lowest BCUT2D eigenvalue weighted by atomic mass is 10.0. The van der Waals surface area contributed by atoms with E-state index in [2.05, 4.69) is 74.6 Å². The number of nitrogens with one attached hydrogen (secondary N) is 1. The Morgan fingerprint density at radius 2 is 1.52 bits per heavy atom. The van der Waals surface area contributed by atoms with Gasteiger partial charge in [-0.05, 0) is 50.7 Å². The minimum atomic E-state index is -0.0164. The Bertz CT molecular complexity index is 762. The summed E-state index contributed by atoms with van der Waals surface area (Å²) in [5.74, 6) is 0.178. The maximum atomic E-state index is 13.5. The first-order valence-electron chi connectivity index (χ1n) is 10.8. The molecule has 0 saturated carbocycles. The van der Waals surface area contributed by atoms with Crippen LogP contribution in [0.1, 0.15) is 55.7 Å². The van der Waals surface area contributed by atoms with Gasteiger partial charge >= 0.3 is 0 Å². The quantitative estimate of drug-likeness (QED) is 0.662. The maximum absolute atomic E-state index is 13.5. The third-order valence-corrected chi connectivity index (χ3v) is 6.38. The number of anilines is 1. The average Bonchev–Trinajstić information content (AvgIpc) is 2.92. The molecule has 1 heterocycles. The van der Waals surface area contributed by atoms with Crippen molar-refractivity contribution in [1.29, 1.82) is 0 Å². The van der Waals surface area contributed by atoms with E-state index in [1.807, 2.05) is 0 Å². The predicted octanol–water partition coefficient (Wildman–Crippen LogP) is 2.62. The van der Waals surface area contributed by atoms with E-state index in [9.17, 15) is 4.79 Å². The van der Waals surface area contributed by atoms with E-state index in [-0.39, 0.29) is 28.9 Å². The maximum Gasteiger partial charge on any atom is 0.282 e. The van der Waals surface area contributed by atoms with E-state index in [4.69, 9.17) is 0 Å². The number of aryl methyl sites for hydroxylation is 2. The molecule has 1 fully saturated rings. The van der Waals surface area contributed by atoms with Gasteiger partial charge in [-0.3, -0.25) is 4.79 Å². The lowest BCUT2D eigenvalue weighted by Gasteiger charge is -2.43. The summed E-state index contributed by atoms with van der Waals surface area (Å²) in [6.07, 6.45) is 5.84. The van der Waals surface area contributed by atoms with Gasteiger partial charge in [0.15, 0.2) is 6.04 Å². The number of carbonyl (C=O) groups is 1. The summed E-state index contributed by atoms with van der Waals surface area (Å²) in [4.78, 5) is 13.5. The van der Waals surface area contributed by atoms with Gasteiger partial charge < -0.3 is 26.8 Å². The molecule has 158 valence electrons. The molecule has 2 aromatic carbocycles. The number of benzene rings is 2. The van der Waals surface area contributed by atoms with E-state index < -0.39 is 0 Å². The van der Waals surface area contributed by atoms with Crippen LogP contribution in [0.3, 0.4) is 0 Å². The van der Waals surface area contributed by atoms with Crippen molar-refractivity contribution in [1.82, 2.24) is 0 Å². The molecule has 3 nitrogen and oxygen atoms in total. The van der Waals surface area contributed by atoms with Crippen molar-refractivity contribution < 1.29 is 26.3 Å². The van der Waals surface area contributed by atoms with Crippen LogP contribution in [0, 0.1) is 13.8 Å². The molecule has 1 N–H and O–H groups in total. The van der Waals surface area contributed by atoms with Crippen molar-refractivity contribution in [3.05, 3.63) is 65.2 Å². The first kappa shape index (κ1) is 23.6. The molecular weight excluding hydrogens is 424 g/mol. The number of para-hydroxylation sites is 1. The van der Waals surface area contributed by atoms with Crippen LogP contribution in [0.15, 0.2) is 48.5 Å². The van der Waals surface area contributed by atoms with Crippen LogP contribution in [0.5, 0.6) is 0 Å². The number of nitrogens with zero attached hydrogens (tertiary/aromatic N) is 1. The molecule has 0 radical (unpaired) electrons. The number of likely N-dealkylation sites (tertiary alicyclic amines) is 1. The summed E-state index contributed by atoms with van der Waals surface area (Å²) in [6.45, 7) is 9.44. The van der Waals surface area contributed by atoms with E-state index in [0.29, 0.717) is 0 Å². The number of rotatable bonds is 6. The molecule has 1 aliphatic rings. The van der Waals surface area contributed by atoms with Gasteiger partial charge in [0.05, 0.1) is 13.1 Å². The summed E-state index contributed by atoms with van der Waals surface area (Å²) >= 11 is 0. The fourth-order valence-electron chi connectivity index (χ4n) is 4.89. The number of carbonyl (C=O) groups excluding carboxylic acids is 1. The van der Waals surface area contributed by atoms with Gasteiger partial charge in [-0.1, -0.05) is 55.5 Å². The lowest BCUT2D eigenvalue weighted by Crippen LogP contribution is -3.00. The Morgan fingerprint density at radius 3 is 2.07 bits per heavy atom. The molecule has 2 aromatic rings. The van der Waals surface area contributed by atoms with Gasteiger partial charge in [0.1, 0.15) is 6.54 Å². The molecule has 29 heavy (non-hydrogen) atoms. The lowest BCUT2D eigenvalue weighted by molar-refractivity contribution is -0.954. The average molecular weight is 459 g/mol. The zero-order valence-corrected chi connectivity index (χ0v) is 19.7. The van der Waals surface area contributed by atoms with Gasteiger partial charge in [0.2, 0.25) is 0 Å². The number of quaternary nitrogens is 1. The highest BCUT2D eigenvalue weighted by atomic mass is 79.9. The largest absolute Gasteiger partial charge is 1.00 e. The highest BCUT2D eigenvalue weighted by molar-refractivity contribution is 5.95. The molecular formula is C25H35BrN2O. The minimum absolute atomic E-state index is 0. The molecule has 1 unspecified atom stereocenters. The second-order valence-corrected chi connectivity index (χ2v) is 8.40. The van der Waals surface area contributed by atoms with Crippen molar-refractivity contribution in [3.63, 3.8) is 0 Å². The summed E-state index contributed by atoms with van der Waals surface area (Å²) < 4.78 is 0.886. The number of halogens is 1. The summed E-state index contributed by atoms with van der Waals surface area (Å²) in [5.41, 5.74) is 4.59. The van der Waals surface area contributed by atoms with Gasteiger partial charge in [0, 0.05) is 17.7 Å². The van der Waals surface area contributed by atoms with Crippen LogP contribution in [0.25, 0.3) is 0 Å². The predicted molar refractivity (Wildman–Crippen MR) is 117 cm³/mol. The van der Waals surface area contributed by atoms with Gasteiger partial charge in [-0.2, -0.15) is 0 Å². The standard InChI is InChI=1S/C25H34N2O.BrH/c1-4-23(25(28)26-24-20(2)13-12-14-21(24)3)27(17-10-5-6-11-18-27)19-22-15-8-7-9-16-22;/h7-9,12-16,23H,4-6,10-11,17-19H2,1-3H3;1H. The molecule has 1 aliphatic heterocycles. The van der Waals surface area contributed by atoms with Crippen LogP contribution in [-0.2, 0) is 11.3 Å². The fourth-order valence-corrected chi connectivity index (χ4v) is 4.89. The molecule has 4 heteroatoms. The highest BCUT2D eigenvalue weighted by Gasteiger charge is 2.41. The second-order valence-electron chi connectivity index (χ2n) is 8.40. The molecule has 1 amide bonds. The number of hydrogen-bond acceptors (Lipinski definition) is 1. The van der Waals surface area contributed by atoms with Crippen molar-refractivity contribution in [2.75, 3.05) is 18.4 Å². The summed E-state index contributed by atoms with van der Waals surface area (Å²) in [6, 6.07) is 16.9. The topological polar surface area (TPSA) is 29.1 Å². The second kappa shape index (κ2) is 10.9. The van der Waals surface area contributed by atoms with Crippen molar-refractivity contribution in [3.8, 4) is 0 Å². The number of hydrogen-bond donors (Lipinski definition) is 1. The third-order valence-electron chi connectivity index (χ3n) is 6.38. The van der Waals surface area contributed by atoms with Crippen LogP contribution in [-0.4, -0.2) is 29.5 Å². The van der Waals surface area contributed by atoms with E-state index in [1.54, 1.807) is 0 Å². The Hall–Kier alpha value is -1.65. The van der Waals surface area contributed by atoms with Crippen molar-refractivity contribution in [2.45, 2.75) is 65.5 Å². The van der Waals surface area contributed by atoms with Crippen LogP contribution >= 0.6 is 0 Å². The molecule has 1 atom stereocenters. The Morgan fingerprint density at radius 1 is 0.931 bits per heavy atom. The van der Waals surface area contributed by atoms with Gasteiger partial charge in [0.25, 0.3) is 5.91 Å². The Labute approximate surface area is 186 Å². The summed E-state index contributed by atoms with van der Waals surface area (Å²) in [5, 5.41) is 3.30. The Balaban J connectivity index is 0.00000300. The molecule has 0 spiro atoms. The van der Waals surface area contributed by atoms with Crippen molar-refractivity contribution >= 4 is 11.6 Å². The monoisotopic (exact) mass is 458 g/mol. The van der Waals surface area contributed by atoms with E-state index in [0.717, 1.165) is 47.4 Å². The molecule has 0 bridgehead atoms. The normalized spacial score (nSPS) is 16.9. The smallest absolute Gasteiger partial charge is 0.282 e. The SMILES string of the molecule is CCC(C(=O)Nc1c(C)cccc1C)[N+]1(Cc2ccccc2)CCCCCC1.[Br-].